The molecule has 1 saturated heterocycles. The van der Waals surface area contributed by atoms with E-state index >= 15 is 0 Å². The molecule has 0 aromatic heterocycles. The standard InChI is InChI=1S/C20H25N3O5/c1-27-19-7-5-16(6-8-19)22-11-9-21(10-12-22)14-18(24)15-28-20-4-2-3-17(13-20)23(25)26/h2-8,13,18,24H,9-12,14-15H2,1H3. The second-order valence-electron chi connectivity index (χ2n) is 6.70. The van der Waals surface area contributed by atoms with Gasteiger partial charge in [-0.2, -0.15) is 0 Å². The molecule has 2 aromatic rings. The number of aliphatic hydroxyl groups is 1. The quantitative estimate of drug-likeness (QED) is 0.548. The smallest absolute Gasteiger partial charge is 0.273 e. The van der Waals surface area contributed by atoms with Crippen molar-refractivity contribution in [2.75, 3.05) is 51.3 Å². The Morgan fingerprint density at radius 2 is 1.82 bits per heavy atom. The normalized spacial score (nSPS) is 15.9. The molecule has 28 heavy (non-hydrogen) atoms. The lowest BCUT2D eigenvalue weighted by Gasteiger charge is -2.36. The fourth-order valence-electron chi connectivity index (χ4n) is 3.21. The van der Waals surface area contributed by atoms with Gasteiger partial charge in [0.05, 0.1) is 18.1 Å². The molecule has 3 rings (SSSR count). The van der Waals surface area contributed by atoms with Gasteiger partial charge < -0.3 is 19.5 Å². The second-order valence-corrected chi connectivity index (χ2v) is 6.70. The first-order valence-electron chi connectivity index (χ1n) is 9.22. The number of rotatable bonds is 8. The van der Waals surface area contributed by atoms with E-state index in [2.05, 4.69) is 21.9 Å². The maximum absolute atomic E-state index is 10.8. The molecule has 1 fully saturated rings. The van der Waals surface area contributed by atoms with E-state index in [1.807, 2.05) is 12.1 Å². The van der Waals surface area contributed by atoms with E-state index in [4.69, 9.17) is 9.47 Å². The molecule has 1 heterocycles. The lowest BCUT2D eigenvalue weighted by Crippen LogP contribution is -2.49. The lowest BCUT2D eigenvalue weighted by atomic mass is 10.2. The van der Waals surface area contributed by atoms with Gasteiger partial charge in [0.1, 0.15) is 24.2 Å². The highest BCUT2D eigenvalue weighted by atomic mass is 16.6. The molecule has 0 spiro atoms. The summed E-state index contributed by atoms with van der Waals surface area (Å²) < 4.78 is 10.7. The summed E-state index contributed by atoms with van der Waals surface area (Å²) >= 11 is 0. The number of non-ortho nitro benzene ring substituents is 1. The number of nitrogens with zero attached hydrogens (tertiary/aromatic N) is 3. The van der Waals surface area contributed by atoms with Crippen LogP contribution in [0.1, 0.15) is 0 Å². The zero-order valence-electron chi connectivity index (χ0n) is 15.9. The van der Waals surface area contributed by atoms with Crippen molar-refractivity contribution < 1.29 is 19.5 Å². The number of hydrogen-bond acceptors (Lipinski definition) is 7. The maximum atomic E-state index is 10.8. The van der Waals surface area contributed by atoms with Crippen molar-refractivity contribution in [1.82, 2.24) is 4.90 Å². The summed E-state index contributed by atoms with van der Waals surface area (Å²) in [6.07, 6.45) is -0.660. The van der Waals surface area contributed by atoms with Crippen LogP contribution in [0.3, 0.4) is 0 Å². The van der Waals surface area contributed by atoms with E-state index in [1.165, 1.54) is 12.1 Å². The predicted octanol–water partition coefficient (Wildman–Crippen LogP) is 2.17. The van der Waals surface area contributed by atoms with Crippen molar-refractivity contribution in [3.8, 4) is 11.5 Å². The first kappa shape index (κ1) is 19.9. The minimum absolute atomic E-state index is 0.0263. The Hall–Kier alpha value is -2.84. The van der Waals surface area contributed by atoms with Crippen molar-refractivity contribution >= 4 is 11.4 Å². The first-order chi connectivity index (χ1) is 13.5. The van der Waals surface area contributed by atoms with Crippen LogP contribution in [0, 0.1) is 10.1 Å². The van der Waals surface area contributed by atoms with Crippen molar-refractivity contribution in [2.45, 2.75) is 6.10 Å². The highest BCUT2D eigenvalue weighted by molar-refractivity contribution is 5.49. The highest BCUT2D eigenvalue weighted by Gasteiger charge is 2.20. The SMILES string of the molecule is COc1ccc(N2CCN(CC(O)COc3cccc([N+](=O)[O-])c3)CC2)cc1. The minimum Gasteiger partial charge on any atom is -0.497 e. The molecule has 150 valence electrons. The third kappa shape index (κ3) is 5.34. The number of aliphatic hydroxyl groups excluding tert-OH is 1. The van der Waals surface area contributed by atoms with E-state index in [-0.39, 0.29) is 12.3 Å². The Morgan fingerprint density at radius 3 is 2.46 bits per heavy atom. The monoisotopic (exact) mass is 387 g/mol. The van der Waals surface area contributed by atoms with Crippen LogP contribution in [-0.2, 0) is 0 Å². The maximum Gasteiger partial charge on any atom is 0.273 e. The third-order valence-corrected chi connectivity index (χ3v) is 4.75. The predicted molar refractivity (Wildman–Crippen MR) is 106 cm³/mol. The van der Waals surface area contributed by atoms with Crippen molar-refractivity contribution in [1.29, 1.82) is 0 Å². The molecule has 1 aliphatic heterocycles. The third-order valence-electron chi connectivity index (χ3n) is 4.75. The Bertz CT molecular complexity index is 776. The largest absolute Gasteiger partial charge is 0.497 e. The summed E-state index contributed by atoms with van der Waals surface area (Å²) in [5.74, 6) is 1.23. The van der Waals surface area contributed by atoms with Gasteiger partial charge in [0.15, 0.2) is 0 Å². The Morgan fingerprint density at radius 1 is 1.11 bits per heavy atom. The van der Waals surface area contributed by atoms with Crippen LogP contribution < -0.4 is 14.4 Å². The fourth-order valence-corrected chi connectivity index (χ4v) is 3.21. The molecular weight excluding hydrogens is 362 g/mol. The molecule has 0 saturated carbocycles. The van der Waals surface area contributed by atoms with Crippen molar-refractivity contribution in [2.24, 2.45) is 0 Å². The van der Waals surface area contributed by atoms with E-state index in [9.17, 15) is 15.2 Å². The summed E-state index contributed by atoms with van der Waals surface area (Å²) in [6, 6.07) is 14.0. The summed E-state index contributed by atoms with van der Waals surface area (Å²) in [7, 11) is 1.65. The van der Waals surface area contributed by atoms with Crippen LogP contribution >= 0.6 is 0 Å². The number of ether oxygens (including phenoxy) is 2. The summed E-state index contributed by atoms with van der Waals surface area (Å²) in [6.45, 7) is 4.06. The van der Waals surface area contributed by atoms with Gasteiger partial charge in [0.2, 0.25) is 0 Å². The molecule has 1 N–H and O–H groups in total. The number of nitro groups is 1. The molecule has 1 unspecified atom stereocenters. The molecule has 0 aliphatic carbocycles. The molecule has 8 heteroatoms. The van der Waals surface area contributed by atoms with Crippen LogP contribution in [0.5, 0.6) is 11.5 Å². The van der Waals surface area contributed by atoms with Crippen LogP contribution in [0.15, 0.2) is 48.5 Å². The summed E-state index contributed by atoms with van der Waals surface area (Å²) in [4.78, 5) is 14.8. The van der Waals surface area contributed by atoms with Crippen LogP contribution in [-0.4, -0.2) is 67.5 Å². The Kier molecular flexibility index (Phi) is 6.67. The van der Waals surface area contributed by atoms with Gasteiger partial charge in [-0.3, -0.25) is 15.0 Å². The molecule has 1 aliphatic rings. The number of hydrogen-bond donors (Lipinski definition) is 1. The average molecular weight is 387 g/mol. The lowest BCUT2D eigenvalue weighted by molar-refractivity contribution is -0.384. The molecule has 0 radical (unpaired) electrons. The fraction of sp³-hybridized carbons (Fsp3) is 0.400. The molecule has 8 nitrogen and oxygen atoms in total. The van der Waals surface area contributed by atoms with Gasteiger partial charge in [-0.25, -0.2) is 0 Å². The molecule has 0 amide bonds. The average Bonchev–Trinajstić information content (AvgIpc) is 2.73. The summed E-state index contributed by atoms with van der Waals surface area (Å²) in [5, 5.41) is 21.1. The molecule has 1 atom stereocenters. The topological polar surface area (TPSA) is 88.3 Å². The van der Waals surface area contributed by atoms with E-state index in [0.29, 0.717) is 12.3 Å². The Labute approximate surface area is 164 Å². The number of anilines is 1. The van der Waals surface area contributed by atoms with E-state index < -0.39 is 11.0 Å². The van der Waals surface area contributed by atoms with Crippen LogP contribution in [0.2, 0.25) is 0 Å². The number of methoxy groups -OCH3 is 1. The molecule has 2 aromatic carbocycles. The van der Waals surface area contributed by atoms with Crippen molar-refractivity contribution in [3.63, 3.8) is 0 Å². The number of β-amino-alcohol motifs (C(OH)–C–C–N with tert-alkyl or cyclic N) is 1. The number of benzene rings is 2. The number of piperazine rings is 1. The van der Waals surface area contributed by atoms with Gasteiger partial charge in [-0.05, 0) is 30.3 Å². The van der Waals surface area contributed by atoms with Gasteiger partial charge in [0, 0.05) is 44.5 Å². The summed E-state index contributed by atoms with van der Waals surface area (Å²) in [5.41, 5.74) is 1.14. The molecular formula is C20H25N3O5. The van der Waals surface area contributed by atoms with E-state index in [1.54, 1.807) is 19.2 Å². The van der Waals surface area contributed by atoms with E-state index in [0.717, 1.165) is 37.6 Å². The Balaban J connectivity index is 1.42. The van der Waals surface area contributed by atoms with Crippen LogP contribution in [0.25, 0.3) is 0 Å². The zero-order chi connectivity index (χ0) is 19.9. The van der Waals surface area contributed by atoms with Gasteiger partial charge in [0.25, 0.3) is 5.69 Å². The number of nitro benzene ring substituents is 1. The first-order valence-corrected chi connectivity index (χ1v) is 9.22. The van der Waals surface area contributed by atoms with Crippen molar-refractivity contribution in [3.05, 3.63) is 58.6 Å². The second kappa shape index (κ2) is 9.38. The van der Waals surface area contributed by atoms with Gasteiger partial charge in [-0.1, -0.05) is 6.07 Å². The molecule has 0 bridgehead atoms. The van der Waals surface area contributed by atoms with Gasteiger partial charge >= 0.3 is 0 Å². The van der Waals surface area contributed by atoms with Gasteiger partial charge in [-0.15, -0.1) is 0 Å². The van der Waals surface area contributed by atoms with Crippen LogP contribution in [0.4, 0.5) is 11.4 Å². The zero-order valence-corrected chi connectivity index (χ0v) is 15.9. The minimum atomic E-state index is -0.660. The highest BCUT2D eigenvalue weighted by Crippen LogP contribution is 2.21.